The van der Waals surface area contributed by atoms with Crippen LogP contribution in [0.25, 0.3) is 0 Å². The highest BCUT2D eigenvalue weighted by Gasteiger charge is 2.24. The first-order valence-electron chi connectivity index (χ1n) is 20.4. The fraction of sp³-hybridized carbons (Fsp3) is 0.388. The van der Waals surface area contributed by atoms with Gasteiger partial charge >= 0.3 is 35.8 Å². The maximum atomic E-state index is 12.5. The zero-order valence-electron chi connectivity index (χ0n) is 36.6. The molecule has 3 unspecified atom stereocenters. The van der Waals surface area contributed by atoms with Crippen molar-refractivity contribution in [3.63, 3.8) is 0 Å². The summed E-state index contributed by atoms with van der Waals surface area (Å²) in [5.41, 5.74) is 5.50. The van der Waals surface area contributed by atoms with Crippen molar-refractivity contribution in [1.82, 2.24) is 0 Å². The summed E-state index contributed by atoms with van der Waals surface area (Å²) in [6, 6.07) is 8.07. The molecule has 0 spiro atoms. The van der Waals surface area contributed by atoms with E-state index in [1.54, 1.807) is 24.3 Å². The van der Waals surface area contributed by atoms with Gasteiger partial charge < -0.3 is 38.6 Å². The molecular weight excluding hydrogens is 813 g/mol. The van der Waals surface area contributed by atoms with E-state index in [-0.39, 0.29) is 56.3 Å². The number of allylic oxidation sites excluding steroid dienone is 4. The van der Waals surface area contributed by atoms with E-state index in [0.717, 1.165) is 33.4 Å². The average Bonchev–Trinajstić information content (AvgIpc) is 3.22. The quantitative estimate of drug-likeness (QED) is 0.0327. The first-order chi connectivity index (χ1) is 29.9. The number of esters is 4. The third kappa shape index (κ3) is 18.8. The highest BCUT2D eigenvalue weighted by molar-refractivity contribution is 5.87. The molecule has 0 heterocycles. The van der Waals surface area contributed by atoms with E-state index in [4.69, 9.17) is 38.6 Å². The predicted molar refractivity (Wildman–Crippen MR) is 237 cm³/mol. The molecule has 0 aliphatic heterocycles. The van der Waals surface area contributed by atoms with Gasteiger partial charge in [0.15, 0.2) is 12.2 Å². The van der Waals surface area contributed by atoms with Gasteiger partial charge in [-0.3, -0.25) is 19.2 Å². The SMILES string of the molecule is C=CCc1cc(CC(C)c2cc(CC=C)c(OCC(COC(=O)C(=C)C)OC(=O)CCC(=O)O)c(CC=C)c2)cc(CC=C)c1OCC(COC(=O)C(=C)C)OC(=O)CCC(=O)O. The van der Waals surface area contributed by atoms with E-state index in [1.807, 2.05) is 24.3 Å². The third-order valence-corrected chi connectivity index (χ3v) is 9.14. The summed E-state index contributed by atoms with van der Waals surface area (Å²) in [5, 5.41) is 18.0. The van der Waals surface area contributed by atoms with Crippen molar-refractivity contribution in [3.8, 4) is 11.5 Å². The fourth-order valence-electron chi connectivity index (χ4n) is 6.16. The standard InChI is InChI=1S/C49H60O14/c1-10-14-35-23-34(24-36(15-11-2)46(35)58-27-40(29-60-48(56)31(5)6)62-44(54)20-18-42(50)51)22-33(9)39-25-37(16-12-3)47(38(26-39)17-13-4)59-28-41(30-61-49(57)32(7)8)63-45(55)21-19-43(52)53/h10-13,23-26,33,40-41H,1-5,7,14-22,27-30H2,6,8-9H3,(H,50,51)(H,52,53). The molecule has 63 heavy (non-hydrogen) atoms. The molecule has 0 aromatic heterocycles. The van der Waals surface area contributed by atoms with Crippen LogP contribution in [-0.4, -0.2) is 84.7 Å². The molecule has 2 aromatic rings. The normalized spacial score (nSPS) is 12.0. The van der Waals surface area contributed by atoms with Crippen molar-refractivity contribution >= 4 is 35.8 Å². The van der Waals surface area contributed by atoms with Gasteiger partial charge in [-0.2, -0.15) is 0 Å². The number of benzene rings is 2. The topological polar surface area (TPSA) is 198 Å². The number of ether oxygens (including phenoxy) is 6. The van der Waals surface area contributed by atoms with Gasteiger partial charge in [-0.25, -0.2) is 9.59 Å². The van der Waals surface area contributed by atoms with Crippen molar-refractivity contribution in [2.75, 3.05) is 26.4 Å². The van der Waals surface area contributed by atoms with Crippen LogP contribution < -0.4 is 9.47 Å². The monoisotopic (exact) mass is 872 g/mol. The number of aliphatic carboxylic acids is 2. The minimum atomic E-state index is -1.16. The molecule has 0 bridgehead atoms. The van der Waals surface area contributed by atoms with Gasteiger partial charge in [-0.1, -0.05) is 68.7 Å². The first-order valence-corrected chi connectivity index (χ1v) is 20.4. The van der Waals surface area contributed by atoms with Gasteiger partial charge in [-0.15, -0.1) is 26.3 Å². The summed E-state index contributed by atoms with van der Waals surface area (Å²) in [4.78, 5) is 71.4. The van der Waals surface area contributed by atoms with Gasteiger partial charge in [-0.05, 0) is 85.3 Å². The van der Waals surface area contributed by atoms with Crippen molar-refractivity contribution in [2.45, 2.75) is 96.7 Å². The molecule has 0 radical (unpaired) electrons. The van der Waals surface area contributed by atoms with Crippen molar-refractivity contribution < 1.29 is 67.4 Å². The number of hydrogen-bond acceptors (Lipinski definition) is 12. The molecule has 340 valence electrons. The molecule has 0 aliphatic carbocycles. The predicted octanol–water partition coefficient (Wildman–Crippen LogP) is 7.50. The Labute approximate surface area is 369 Å². The molecule has 2 N–H and O–H groups in total. The van der Waals surface area contributed by atoms with Crippen LogP contribution >= 0.6 is 0 Å². The number of carbonyl (C=O) groups is 6. The second-order valence-corrected chi connectivity index (χ2v) is 14.9. The molecule has 0 fully saturated rings. The Hall–Kier alpha value is -6.70. The second-order valence-electron chi connectivity index (χ2n) is 14.9. The van der Waals surface area contributed by atoms with E-state index in [2.05, 4.69) is 46.4 Å². The molecule has 0 aliphatic rings. The highest BCUT2D eigenvalue weighted by atomic mass is 16.6. The van der Waals surface area contributed by atoms with Crippen molar-refractivity contribution in [2.24, 2.45) is 0 Å². The number of rotatable bonds is 31. The van der Waals surface area contributed by atoms with Crippen LogP contribution in [0.2, 0.25) is 0 Å². The molecular formula is C49H60O14. The lowest BCUT2D eigenvalue weighted by Gasteiger charge is -2.24. The molecule has 0 saturated heterocycles. The number of carboxylic acid groups (broad SMARTS) is 2. The van der Waals surface area contributed by atoms with Gasteiger partial charge in [0.25, 0.3) is 0 Å². The van der Waals surface area contributed by atoms with Gasteiger partial charge in [0.05, 0.1) is 25.7 Å². The summed E-state index contributed by atoms with van der Waals surface area (Å²) in [6.07, 6.45) is 5.54. The maximum Gasteiger partial charge on any atom is 0.333 e. The lowest BCUT2D eigenvalue weighted by atomic mass is 9.88. The molecule has 0 amide bonds. The van der Waals surface area contributed by atoms with E-state index in [9.17, 15) is 28.8 Å². The summed E-state index contributed by atoms with van der Waals surface area (Å²) >= 11 is 0. The Morgan fingerprint density at radius 1 is 0.571 bits per heavy atom. The van der Waals surface area contributed by atoms with Gasteiger partial charge in [0, 0.05) is 11.1 Å². The lowest BCUT2D eigenvalue weighted by molar-refractivity contribution is -0.160. The van der Waals surface area contributed by atoms with Crippen LogP contribution in [0.1, 0.15) is 85.8 Å². The lowest BCUT2D eigenvalue weighted by Crippen LogP contribution is -2.31. The van der Waals surface area contributed by atoms with E-state index >= 15 is 0 Å². The maximum absolute atomic E-state index is 12.5. The van der Waals surface area contributed by atoms with Crippen LogP contribution in [0.3, 0.4) is 0 Å². The molecule has 2 rings (SSSR count). The number of carbonyl (C=O) groups excluding carboxylic acids is 4. The van der Waals surface area contributed by atoms with Gasteiger partial charge in [0.1, 0.15) is 37.9 Å². The zero-order chi connectivity index (χ0) is 47.1. The summed E-state index contributed by atoms with van der Waals surface area (Å²) in [6.45, 7) is 26.8. The van der Waals surface area contributed by atoms with Crippen LogP contribution in [0, 0.1) is 0 Å². The third-order valence-electron chi connectivity index (χ3n) is 9.14. The molecule has 14 heteroatoms. The summed E-state index contributed by atoms with van der Waals surface area (Å²) in [7, 11) is 0. The Balaban J connectivity index is 2.48. The number of carboxylic acids is 2. The summed E-state index contributed by atoms with van der Waals surface area (Å²) in [5.74, 6) is -4.25. The van der Waals surface area contributed by atoms with Gasteiger partial charge in [0.2, 0.25) is 0 Å². The first kappa shape index (κ1) is 52.4. The van der Waals surface area contributed by atoms with Crippen LogP contribution in [0.5, 0.6) is 11.5 Å². The minimum absolute atomic E-state index is 0.0341. The molecule has 3 atom stereocenters. The van der Waals surface area contributed by atoms with E-state index in [1.165, 1.54) is 13.8 Å². The molecule has 0 saturated carbocycles. The van der Waals surface area contributed by atoms with Crippen LogP contribution in [-0.2, 0) is 79.8 Å². The van der Waals surface area contributed by atoms with E-state index < -0.39 is 60.9 Å². The molecule has 14 nitrogen and oxygen atoms in total. The van der Waals surface area contributed by atoms with Crippen molar-refractivity contribution in [1.29, 1.82) is 0 Å². The Bertz CT molecular complexity index is 1960. The van der Waals surface area contributed by atoms with Crippen LogP contribution in [0.15, 0.2) is 99.2 Å². The summed E-state index contributed by atoms with van der Waals surface area (Å²) < 4.78 is 34.1. The van der Waals surface area contributed by atoms with Crippen LogP contribution in [0.4, 0.5) is 0 Å². The largest absolute Gasteiger partial charge is 0.489 e. The Morgan fingerprint density at radius 3 is 1.24 bits per heavy atom. The Kier molecular flexibility index (Phi) is 22.7. The number of hydrogen-bond donors (Lipinski definition) is 2. The smallest absolute Gasteiger partial charge is 0.333 e. The Morgan fingerprint density at radius 2 is 0.921 bits per heavy atom. The fourth-order valence-corrected chi connectivity index (χ4v) is 6.16. The minimum Gasteiger partial charge on any atom is -0.489 e. The zero-order valence-corrected chi connectivity index (χ0v) is 36.6. The molecule has 2 aromatic carbocycles. The van der Waals surface area contributed by atoms with Crippen molar-refractivity contribution in [3.05, 3.63) is 133 Å². The average molecular weight is 873 g/mol. The van der Waals surface area contributed by atoms with E-state index in [0.29, 0.717) is 43.6 Å². The second kappa shape index (κ2) is 27.3. The highest BCUT2D eigenvalue weighted by Crippen LogP contribution is 2.35.